The van der Waals surface area contributed by atoms with Crippen molar-refractivity contribution in [1.82, 2.24) is 0 Å². The Morgan fingerprint density at radius 3 is 2.21 bits per heavy atom. The van der Waals surface area contributed by atoms with Crippen LogP contribution in [0.5, 0.6) is 0 Å². The Kier molecular flexibility index (Phi) is 4.51. The van der Waals surface area contributed by atoms with Crippen LogP contribution in [-0.2, 0) is 19.1 Å². The van der Waals surface area contributed by atoms with Crippen LogP contribution in [0.1, 0.15) is 11.6 Å². The molecule has 1 unspecified atom stereocenters. The summed E-state index contributed by atoms with van der Waals surface area (Å²) >= 11 is 0. The Hall–Kier alpha value is -3.34. The van der Waals surface area contributed by atoms with Gasteiger partial charge in [0.15, 0.2) is 5.92 Å². The van der Waals surface area contributed by atoms with Crippen LogP contribution in [0.2, 0.25) is 0 Å². The number of methoxy groups -OCH3 is 2. The van der Waals surface area contributed by atoms with Crippen LogP contribution in [0.25, 0.3) is 21.9 Å². The van der Waals surface area contributed by atoms with E-state index >= 15 is 0 Å². The Morgan fingerprint density at radius 2 is 1.50 bits per heavy atom. The van der Waals surface area contributed by atoms with Crippen molar-refractivity contribution < 1.29 is 19.1 Å². The molecule has 0 spiro atoms. The fraction of sp³-hybridized carbons (Fsp3) is 0.217. The average molecular weight is 375 g/mol. The molecule has 0 fully saturated rings. The van der Waals surface area contributed by atoms with Gasteiger partial charge in [-0.1, -0.05) is 60.7 Å². The lowest BCUT2D eigenvalue weighted by atomic mass is 9.81. The molecule has 0 aromatic heterocycles. The van der Waals surface area contributed by atoms with Crippen LogP contribution in [0.3, 0.4) is 0 Å². The predicted molar refractivity (Wildman–Crippen MR) is 108 cm³/mol. The van der Waals surface area contributed by atoms with Gasteiger partial charge in [-0.15, -0.1) is 0 Å². The Balaban J connectivity index is 2.02. The zero-order chi connectivity index (χ0) is 19.8. The van der Waals surface area contributed by atoms with Gasteiger partial charge in [0.25, 0.3) is 0 Å². The second-order valence-corrected chi connectivity index (χ2v) is 6.85. The summed E-state index contributed by atoms with van der Waals surface area (Å²) in [5.74, 6) is -2.31. The predicted octanol–water partition coefficient (Wildman–Crippen LogP) is 3.96. The smallest absolute Gasteiger partial charge is 0.322 e. The van der Waals surface area contributed by atoms with Crippen LogP contribution in [0.4, 0.5) is 5.69 Å². The van der Waals surface area contributed by atoms with Gasteiger partial charge in [-0.3, -0.25) is 9.59 Å². The van der Waals surface area contributed by atoms with Gasteiger partial charge in [0, 0.05) is 18.0 Å². The second-order valence-electron chi connectivity index (χ2n) is 6.85. The van der Waals surface area contributed by atoms with Crippen molar-refractivity contribution in [2.24, 2.45) is 5.92 Å². The maximum Gasteiger partial charge on any atom is 0.322 e. The van der Waals surface area contributed by atoms with Crippen molar-refractivity contribution in [3.8, 4) is 11.1 Å². The molecule has 5 heteroatoms. The summed E-state index contributed by atoms with van der Waals surface area (Å²) in [6.45, 7) is 0. The molecular weight excluding hydrogens is 354 g/mol. The highest BCUT2D eigenvalue weighted by Crippen LogP contribution is 2.49. The molecule has 1 heterocycles. The van der Waals surface area contributed by atoms with Crippen molar-refractivity contribution >= 4 is 28.4 Å². The Bertz CT molecular complexity index is 1060. The summed E-state index contributed by atoms with van der Waals surface area (Å²) in [6.07, 6.45) is 0. The maximum absolute atomic E-state index is 12.6. The fourth-order valence-corrected chi connectivity index (χ4v) is 4.21. The number of nitrogens with zero attached hydrogens (tertiary/aromatic N) is 1. The zero-order valence-electron chi connectivity index (χ0n) is 16.0. The molecule has 28 heavy (non-hydrogen) atoms. The summed E-state index contributed by atoms with van der Waals surface area (Å²) in [7, 11) is 4.48. The SMILES string of the molecule is COC(=O)C(C(=O)OC)C1c2ccccc2-c2ccc3ccccc3c2N1C. The first kappa shape index (κ1) is 18.0. The largest absolute Gasteiger partial charge is 0.468 e. The first-order chi connectivity index (χ1) is 13.6. The number of anilines is 1. The third kappa shape index (κ3) is 2.62. The molecule has 3 aromatic carbocycles. The summed E-state index contributed by atoms with van der Waals surface area (Å²) in [6, 6.07) is 19.6. The fourth-order valence-electron chi connectivity index (χ4n) is 4.21. The highest BCUT2D eigenvalue weighted by Gasteiger charge is 2.44. The minimum atomic E-state index is -1.09. The normalized spacial score (nSPS) is 15.1. The molecule has 1 atom stereocenters. The molecule has 0 N–H and O–H groups in total. The standard InChI is InChI=1S/C23H21NO4/c1-24-20-15-9-5-4-8-14(15)12-13-18(20)16-10-6-7-11-17(16)21(24)19(22(25)27-2)23(26)28-3/h4-13,19,21H,1-3H3. The Morgan fingerprint density at radius 1 is 0.857 bits per heavy atom. The molecule has 4 rings (SSSR count). The number of hydrogen-bond acceptors (Lipinski definition) is 5. The molecule has 5 nitrogen and oxygen atoms in total. The zero-order valence-corrected chi connectivity index (χ0v) is 16.0. The molecule has 0 saturated carbocycles. The van der Waals surface area contributed by atoms with Crippen molar-refractivity contribution in [1.29, 1.82) is 0 Å². The molecule has 0 aliphatic carbocycles. The van der Waals surface area contributed by atoms with Crippen molar-refractivity contribution in [3.63, 3.8) is 0 Å². The van der Waals surface area contributed by atoms with E-state index in [1.165, 1.54) is 14.2 Å². The second kappa shape index (κ2) is 7.00. The average Bonchev–Trinajstić information content (AvgIpc) is 2.75. The molecule has 0 radical (unpaired) electrons. The first-order valence-electron chi connectivity index (χ1n) is 9.08. The summed E-state index contributed by atoms with van der Waals surface area (Å²) in [5.41, 5.74) is 3.96. The summed E-state index contributed by atoms with van der Waals surface area (Å²) < 4.78 is 9.92. The summed E-state index contributed by atoms with van der Waals surface area (Å²) in [4.78, 5) is 27.2. The molecule has 0 bridgehead atoms. The number of benzene rings is 3. The van der Waals surface area contributed by atoms with E-state index in [4.69, 9.17) is 9.47 Å². The number of rotatable bonds is 3. The molecule has 0 saturated heterocycles. The lowest BCUT2D eigenvalue weighted by Crippen LogP contribution is -2.42. The highest BCUT2D eigenvalue weighted by atomic mass is 16.5. The van der Waals surface area contributed by atoms with Crippen LogP contribution in [0.15, 0.2) is 60.7 Å². The number of ether oxygens (including phenoxy) is 2. The molecular formula is C23H21NO4. The van der Waals surface area contributed by atoms with E-state index in [9.17, 15) is 9.59 Å². The quantitative estimate of drug-likeness (QED) is 0.512. The van der Waals surface area contributed by atoms with Gasteiger partial charge in [-0.05, 0) is 16.5 Å². The van der Waals surface area contributed by atoms with Crippen LogP contribution >= 0.6 is 0 Å². The van der Waals surface area contributed by atoms with Gasteiger partial charge in [-0.25, -0.2) is 0 Å². The van der Waals surface area contributed by atoms with Crippen LogP contribution in [0, 0.1) is 5.92 Å². The van der Waals surface area contributed by atoms with E-state index in [1.807, 2.05) is 48.3 Å². The minimum absolute atomic E-state index is 0.533. The van der Waals surface area contributed by atoms with Gasteiger partial charge in [0.05, 0.1) is 25.9 Å². The lowest BCUT2D eigenvalue weighted by Gasteiger charge is -2.40. The molecule has 142 valence electrons. The van der Waals surface area contributed by atoms with Crippen molar-refractivity contribution in [2.75, 3.05) is 26.2 Å². The third-order valence-electron chi connectivity index (χ3n) is 5.47. The first-order valence-corrected chi connectivity index (χ1v) is 9.08. The number of hydrogen-bond donors (Lipinski definition) is 0. The molecule has 0 amide bonds. The van der Waals surface area contributed by atoms with E-state index in [2.05, 4.69) is 24.3 Å². The number of carbonyl (C=O) groups excluding carboxylic acids is 2. The number of esters is 2. The molecule has 1 aliphatic rings. The highest BCUT2D eigenvalue weighted by molar-refractivity contribution is 6.05. The molecule has 3 aromatic rings. The van der Waals surface area contributed by atoms with Crippen LogP contribution < -0.4 is 4.90 Å². The van der Waals surface area contributed by atoms with Gasteiger partial charge in [0.2, 0.25) is 0 Å². The summed E-state index contributed by atoms with van der Waals surface area (Å²) in [5, 5.41) is 2.16. The van der Waals surface area contributed by atoms with E-state index in [-0.39, 0.29) is 0 Å². The topological polar surface area (TPSA) is 55.8 Å². The van der Waals surface area contributed by atoms with Crippen LogP contribution in [-0.4, -0.2) is 33.2 Å². The monoisotopic (exact) mass is 375 g/mol. The van der Waals surface area contributed by atoms with Gasteiger partial charge in [0.1, 0.15) is 0 Å². The van der Waals surface area contributed by atoms with E-state index in [0.717, 1.165) is 33.2 Å². The maximum atomic E-state index is 12.6. The van der Waals surface area contributed by atoms with E-state index < -0.39 is 23.9 Å². The van der Waals surface area contributed by atoms with Gasteiger partial charge in [-0.2, -0.15) is 0 Å². The van der Waals surface area contributed by atoms with Gasteiger partial charge < -0.3 is 14.4 Å². The number of fused-ring (bicyclic) bond motifs is 5. The Labute approximate surface area is 163 Å². The lowest BCUT2D eigenvalue weighted by molar-refractivity contribution is -0.160. The van der Waals surface area contributed by atoms with Crippen molar-refractivity contribution in [2.45, 2.75) is 6.04 Å². The van der Waals surface area contributed by atoms with E-state index in [0.29, 0.717) is 0 Å². The minimum Gasteiger partial charge on any atom is -0.468 e. The van der Waals surface area contributed by atoms with Crippen molar-refractivity contribution in [3.05, 3.63) is 66.2 Å². The third-order valence-corrected chi connectivity index (χ3v) is 5.47. The molecule has 1 aliphatic heterocycles. The van der Waals surface area contributed by atoms with Gasteiger partial charge >= 0.3 is 11.9 Å². The van der Waals surface area contributed by atoms with E-state index in [1.54, 1.807) is 0 Å². The number of carbonyl (C=O) groups is 2.